The summed E-state index contributed by atoms with van der Waals surface area (Å²) in [5.41, 5.74) is 7.01. The van der Waals surface area contributed by atoms with Gasteiger partial charge in [-0.3, -0.25) is 0 Å². The number of nitrogens with two attached hydrogens (primary N) is 1. The quantitative estimate of drug-likeness (QED) is 0.872. The van der Waals surface area contributed by atoms with Crippen LogP contribution in [0.4, 0.5) is 8.78 Å². The molecule has 0 bridgehead atoms. The van der Waals surface area contributed by atoms with E-state index >= 15 is 0 Å². The molecular formula is C13H14F2N2. The van der Waals surface area contributed by atoms with Gasteiger partial charge >= 0.3 is 0 Å². The maximum Gasteiger partial charge on any atom is 0.128 e. The summed E-state index contributed by atoms with van der Waals surface area (Å²) in [7, 11) is 0. The first kappa shape index (κ1) is 11.8. The first-order valence-corrected chi connectivity index (χ1v) is 5.42. The highest BCUT2D eigenvalue weighted by Gasteiger charge is 2.09. The monoisotopic (exact) mass is 236 g/mol. The van der Waals surface area contributed by atoms with Gasteiger partial charge in [-0.1, -0.05) is 0 Å². The van der Waals surface area contributed by atoms with Gasteiger partial charge in [0.2, 0.25) is 0 Å². The number of nitrogens with zero attached hydrogens (tertiary/aromatic N) is 1. The van der Waals surface area contributed by atoms with E-state index in [1.165, 1.54) is 6.07 Å². The average Bonchev–Trinajstić information content (AvgIpc) is 2.71. The van der Waals surface area contributed by atoms with Crippen molar-refractivity contribution in [1.29, 1.82) is 0 Å². The van der Waals surface area contributed by atoms with Crippen LogP contribution >= 0.6 is 0 Å². The average molecular weight is 236 g/mol. The van der Waals surface area contributed by atoms with Gasteiger partial charge in [-0.05, 0) is 37.3 Å². The summed E-state index contributed by atoms with van der Waals surface area (Å²) in [5, 5.41) is 0. The fourth-order valence-electron chi connectivity index (χ4n) is 1.83. The highest BCUT2D eigenvalue weighted by atomic mass is 19.1. The van der Waals surface area contributed by atoms with E-state index < -0.39 is 11.6 Å². The summed E-state index contributed by atoms with van der Waals surface area (Å²) in [6.07, 6.45) is 1.81. The summed E-state index contributed by atoms with van der Waals surface area (Å²) < 4.78 is 28.3. The van der Waals surface area contributed by atoms with Gasteiger partial charge < -0.3 is 10.3 Å². The van der Waals surface area contributed by atoms with Gasteiger partial charge in [0, 0.05) is 23.5 Å². The van der Waals surface area contributed by atoms with E-state index in [4.69, 9.17) is 5.73 Å². The molecule has 0 amide bonds. The second-order valence-corrected chi connectivity index (χ2v) is 4.09. The number of hydrogen-bond acceptors (Lipinski definition) is 1. The molecule has 0 spiro atoms. The molecule has 0 saturated heterocycles. The van der Waals surface area contributed by atoms with Crippen molar-refractivity contribution in [3.05, 3.63) is 59.4 Å². The minimum Gasteiger partial charge on any atom is -0.345 e. The van der Waals surface area contributed by atoms with Crippen LogP contribution in [0.5, 0.6) is 0 Å². The first-order valence-electron chi connectivity index (χ1n) is 5.42. The molecule has 1 unspecified atom stereocenters. The van der Waals surface area contributed by atoms with Crippen LogP contribution in [-0.4, -0.2) is 4.57 Å². The molecule has 0 aliphatic heterocycles. The second kappa shape index (κ2) is 4.67. The molecule has 1 atom stereocenters. The molecule has 90 valence electrons. The molecule has 0 fully saturated rings. The number of benzene rings is 1. The van der Waals surface area contributed by atoms with E-state index in [0.29, 0.717) is 5.56 Å². The van der Waals surface area contributed by atoms with Gasteiger partial charge in [-0.2, -0.15) is 0 Å². The Balaban J connectivity index is 2.31. The fraction of sp³-hybridized carbons (Fsp3) is 0.231. The van der Waals surface area contributed by atoms with E-state index in [-0.39, 0.29) is 12.6 Å². The molecule has 2 aromatic rings. The molecular weight excluding hydrogens is 222 g/mol. The Bertz CT molecular complexity index is 518. The highest BCUT2D eigenvalue weighted by molar-refractivity contribution is 5.21. The molecule has 2 N–H and O–H groups in total. The van der Waals surface area contributed by atoms with Crippen molar-refractivity contribution in [2.24, 2.45) is 5.73 Å². The molecule has 1 heterocycles. The van der Waals surface area contributed by atoms with Gasteiger partial charge in [0.25, 0.3) is 0 Å². The van der Waals surface area contributed by atoms with Crippen molar-refractivity contribution < 1.29 is 8.78 Å². The predicted octanol–water partition coefficient (Wildman–Crippen LogP) is 2.83. The van der Waals surface area contributed by atoms with E-state index in [0.717, 1.165) is 17.8 Å². The van der Waals surface area contributed by atoms with E-state index in [1.807, 2.05) is 29.8 Å². The molecule has 0 aliphatic carbocycles. The lowest BCUT2D eigenvalue weighted by Gasteiger charge is -2.12. The third-order valence-electron chi connectivity index (χ3n) is 2.68. The van der Waals surface area contributed by atoms with Crippen LogP contribution in [0.25, 0.3) is 0 Å². The van der Waals surface area contributed by atoms with E-state index in [9.17, 15) is 8.78 Å². The number of hydrogen-bond donors (Lipinski definition) is 1. The summed E-state index contributed by atoms with van der Waals surface area (Å²) in [6.45, 7) is 2.14. The van der Waals surface area contributed by atoms with Crippen molar-refractivity contribution in [1.82, 2.24) is 4.57 Å². The fourth-order valence-corrected chi connectivity index (χ4v) is 1.83. The lowest BCUT2D eigenvalue weighted by atomic mass is 10.2. The lowest BCUT2D eigenvalue weighted by molar-refractivity contribution is 0.570. The standard InChI is InChI=1S/C13H14F2N2/c1-9(16)13-3-2-6-17(13)8-10-7-11(14)4-5-12(10)15/h2-7,9H,8,16H2,1H3. The molecule has 1 aromatic carbocycles. The van der Waals surface area contributed by atoms with Crippen molar-refractivity contribution in [3.63, 3.8) is 0 Å². The minimum absolute atomic E-state index is 0.137. The van der Waals surface area contributed by atoms with Crippen LogP contribution in [0, 0.1) is 11.6 Å². The molecule has 1 aromatic heterocycles. The summed E-state index contributed by atoms with van der Waals surface area (Å²) in [5.74, 6) is -0.841. The highest BCUT2D eigenvalue weighted by Crippen LogP contribution is 2.16. The summed E-state index contributed by atoms with van der Waals surface area (Å²) in [6, 6.07) is 7.04. The Morgan fingerprint density at radius 2 is 2.06 bits per heavy atom. The third kappa shape index (κ3) is 2.53. The molecule has 2 rings (SSSR count). The molecule has 17 heavy (non-hydrogen) atoms. The minimum atomic E-state index is -0.434. The van der Waals surface area contributed by atoms with Crippen LogP contribution < -0.4 is 5.73 Å². The van der Waals surface area contributed by atoms with E-state index in [1.54, 1.807) is 0 Å². The van der Waals surface area contributed by atoms with Crippen molar-refractivity contribution in [2.45, 2.75) is 19.5 Å². The number of aromatic nitrogens is 1. The van der Waals surface area contributed by atoms with Crippen LogP contribution in [0.3, 0.4) is 0 Å². The van der Waals surface area contributed by atoms with Crippen molar-refractivity contribution in [3.8, 4) is 0 Å². The maximum atomic E-state index is 13.5. The Kier molecular flexibility index (Phi) is 3.24. The summed E-state index contributed by atoms with van der Waals surface area (Å²) in [4.78, 5) is 0. The molecule has 2 nitrogen and oxygen atoms in total. The predicted molar refractivity (Wildman–Crippen MR) is 62.5 cm³/mol. The zero-order valence-corrected chi connectivity index (χ0v) is 9.53. The maximum absolute atomic E-state index is 13.5. The van der Waals surface area contributed by atoms with Crippen molar-refractivity contribution >= 4 is 0 Å². The second-order valence-electron chi connectivity index (χ2n) is 4.09. The Labute approximate surface area is 98.7 Å². The molecule has 0 radical (unpaired) electrons. The zero-order chi connectivity index (χ0) is 12.4. The van der Waals surface area contributed by atoms with Crippen LogP contribution in [-0.2, 0) is 6.54 Å². The van der Waals surface area contributed by atoms with Gasteiger partial charge in [0.1, 0.15) is 11.6 Å². The number of halogens is 2. The molecule has 0 aliphatic rings. The zero-order valence-electron chi connectivity index (χ0n) is 9.53. The number of rotatable bonds is 3. The van der Waals surface area contributed by atoms with Crippen LogP contribution in [0.15, 0.2) is 36.5 Å². The SMILES string of the molecule is CC(N)c1cccn1Cc1cc(F)ccc1F. The van der Waals surface area contributed by atoms with E-state index in [2.05, 4.69) is 0 Å². The smallest absolute Gasteiger partial charge is 0.128 e. The van der Waals surface area contributed by atoms with Gasteiger partial charge in [-0.15, -0.1) is 0 Å². The normalized spacial score (nSPS) is 12.7. The lowest BCUT2D eigenvalue weighted by Crippen LogP contribution is -2.13. The Morgan fingerprint density at radius 1 is 1.29 bits per heavy atom. The van der Waals surface area contributed by atoms with Crippen LogP contribution in [0.2, 0.25) is 0 Å². The topological polar surface area (TPSA) is 30.9 Å². The summed E-state index contributed by atoms with van der Waals surface area (Å²) >= 11 is 0. The van der Waals surface area contributed by atoms with Gasteiger partial charge in [0.15, 0.2) is 0 Å². The Morgan fingerprint density at radius 3 is 2.76 bits per heavy atom. The van der Waals surface area contributed by atoms with Gasteiger partial charge in [0.05, 0.1) is 6.54 Å². The third-order valence-corrected chi connectivity index (χ3v) is 2.68. The molecule has 4 heteroatoms. The molecule has 0 saturated carbocycles. The first-order chi connectivity index (χ1) is 8.08. The van der Waals surface area contributed by atoms with Gasteiger partial charge in [-0.25, -0.2) is 8.78 Å². The Hall–Kier alpha value is -1.68. The van der Waals surface area contributed by atoms with Crippen LogP contribution in [0.1, 0.15) is 24.2 Å². The van der Waals surface area contributed by atoms with Crippen molar-refractivity contribution in [2.75, 3.05) is 0 Å². The largest absolute Gasteiger partial charge is 0.345 e.